The third-order valence-corrected chi connectivity index (χ3v) is 3.22. The number of hydrogen-bond acceptors (Lipinski definition) is 3. The Morgan fingerprint density at radius 3 is 2.78 bits per heavy atom. The topological polar surface area (TPSA) is 43.1 Å². The van der Waals surface area contributed by atoms with E-state index in [0.29, 0.717) is 15.8 Å². The van der Waals surface area contributed by atoms with E-state index >= 15 is 0 Å². The van der Waals surface area contributed by atoms with Crippen LogP contribution in [-0.4, -0.2) is 19.6 Å². The van der Waals surface area contributed by atoms with Gasteiger partial charge in [-0.25, -0.2) is 4.98 Å². The first-order chi connectivity index (χ1) is 8.66. The molecule has 0 bridgehead atoms. The van der Waals surface area contributed by atoms with Crippen molar-refractivity contribution in [2.24, 2.45) is 0 Å². The van der Waals surface area contributed by atoms with Crippen LogP contribution in [0.4, 0.5) is 0 Å². The van der Waals surface area contributed by atoms with Crippen molar-refractivity contribution < 1.29 is 0 Å². The molecule has 0 radical (unpaired) electrons. The van der Waals surface area contributed by atoms with Crippen molar-refractivity contribution in [1.82, 2.24) is 19.6 Å². The molecule has 0 N–H and O–H groups in total. The first-order valence-corrected chi connectivity index (χ1v) is 6.04. The standard InChI is InChI=1S/C12H8Cl2N4/c1-7-6-8(13)2-3-9(7)11-16-17-12-10(14)15-4-5-18(11)12/h2-6H,1H3. The Hall–Kier alpha value is -1.65. The molecule has 2 heterocycles. The van der Waals surface area contributed by atoms with E-state index < -0.39 is 0 Å². The summed E-state index contributed by atoms with van der Waals surface area (Å²) in [6.07, 6.45) is 3.40. The van der Waals surface area contributed by atoms with Crippen LogP contribution in [0.3, 0.4) is 0 Å². The molecule has 4 nitrogen and oxygen atoms in total. The predicted octanol–water partition coefficient (Wildman–Crippen LogP) is 3.41. The summed E-state index contributed by atoms with van der Waals surface area (Å²) < 4.78 is 1.81. The SMILES string of the molecule is Cc1cc(Cl)ccc1-c1nnc2c(Cl)nccn12. The number of hydrogen-bond donors (Lipinski definition) is 0. The molecule has 3 aromatic rings. The van der Waals surface area contributed by atoms with Gasteiger partial charge in [0.15, 0.2) is 16.6 Å². The molecule has 0 atom stereocenters. The summed E-state index contributed by atoms with van der Waals surface area (Å²) in [6.45, 7) is 1.98. The lowest BCUT2D eigenvalue weighted by atomic mass is 10.1. The Labute approximate surface area is 113 Å². The van der Waals surface area contributed by atoms with Crippen molar-refractivity contribution in [3.8, 4) is 11.4 Å². The average Bonchev–Trinajstić information content (AvgIpc) is 2.74. The summed E-state index contributed by atoms with van der Waals surface area (Å²) in [5.41, 5.74) is 2.54. The normalized spacial score (nSPS) is 11.1. The second-order valence-corrected chi connectivity index (χ2v) is 4.69. The second kappa shape index (κ2) is 4.23. The first-order valence-electron chi connectivity index (χ1n) is 5.28. The zero-order valence-corrected chi connectivity index (χ0v) is 10.9. The molecule has 0 fully saturated rings. The molecule has 0 amide bonds. The molecular weight excluding hydrogens is 271 g/mol. The zero-order chi connectivity index (χ0) is 12.7. The molecule has 0 aliphatic carbocycles. The fourth-order valence-electron chi connectivity index (χ4n) is 1.86. The van der Waals surface area contributed by atoms with E-state index in [1.807, 2.05) is 29.5 Å². The maximum Gasteiger partial charge on any atom is 0.198 e. The maximum absolute atomic E-state index is 5.97. The van der Waals surface area contributed by atoms with Crippen LogP contribution in [0, 0.1) is 6.92 Å². The van der Waals surface area contributed by atoms with Gasteiger partial charge in [-0.1, -0.05) is 23.2 Å². The van der Waals surface area contributed by atoms with Gasteiger partial charge in [0.1, 0.15) is 0 Å². The summed E-state index contributed by atoms with van der Waals surface area (Å²) in [5.74, 6) is 0.725. The Morgan fingerprint density at radius 2 is 2.00 bits per heavy atom. The molecule has 1 aromatic carbocycles. The maximum atomic E-state index is 5.97. The van der Waals surface area contributed by atoms with Crippen LogP contribution in [0.5, 0.6) is 0 Å². The highest BCUT2D eigenvalue weighted by Crippen LogP contribution is 2.26. The van der Waals surface area contributed by atoms with Crippen LogP contribution in [-0.2, 0) is 0 Å². The van der Waals surface area contributed by atoms with Crippen LogP contribution >= 0.6 is 23.2 Å². The van der Waals surface area contributed by atoms with Crippen molar-refractivity contribution >= 4 is 28.8 Å². The highest BCUT2D eigenvalue weighted by molar-refractivity contribution is 6.32. The van der Waals surface area contributed by atoms with Gasteiger partial charge in [-0.05, 0) is 30.7 Å². The van der Waals surface area contributed by atoms with Crippen LogP contribution < -0.4 is 0 Å². The van der Waals surface area contributed by atoms with Crippen LogP contribution in [0.1, 0.15) is 5.56 Å². The second-order valence-electron chi connectivity index (χ2n) is 3.89. The Balaban J connectivity index is 2.29. The lowest BCUT2D eigenvalue weighted by Gasteiger charge is -2.04. The van der Waals surface area contributed by atoms with Gasteiger partial charge in [-0.2, -0.15) is 0 Å². The van der Waals surface area contributed by atoms with Crippen molar-refractivity contribution in [3.05, 3.63) is 46.3 Å². The molecule has 3 rings (SSSR count). The number of halogens is 2. The van der Waals surface area contributed by atoms with E-state index in [2.05, 4.69) is 15.2 Å². The van der Waals surface area contributed by atoms with Gasteiger partial charge in [0.05, 0.1) is 0 Å². The van der Waals surface area contributed by atoms with Crippen molar-refractivity contribution in [3.63, 3.8) is 0 Å². The zero-order valence-electron chi connectivity index (χ0n) is 9.43. The predicted molar refractivity (Wildman–Crippen MR) is 71.0 cm³/mol. The molecule has 6 heteroatoms. The minimum Gasteiger partial charge on any atom is -0.278 e. The van der Waals surface area contributed by atoms with Gasteiger partial charge >= 0.3 is 0 Å². The van der Waals surface area contributed by atoms with Crippen molar-refractivity contribution in [1.29, 1.82) is 0 Å². The Kier molecular flexibility index (Phi) is 2.69. The number of aromatic nitrogens is 4. The van der Waals surface area contributed by atoms with E-state index in [9.17, 15) is 0 Å². The van der Waals surface area contributed by atoms with Gasteiger partial charge < -0.3 is 0 Å². The third-order valence-electron chi connectivity index (χ3n) is 2.71. The fraction of sp³-hybridized carbons (Fsp3) is 0.0833. The lowest BCUT2D eigenvalue weighted by molar-refractivity contribution is 1.10. The number of aryl methyl sites for hydroxylation is 1. The largest absolute Gasteiger partial charge is 0.278 e. The molecule has 2 aromatic heterocycles. The molecule has 0 spiro atoms. The molecule has 18 heavy (non-hydrogen) atoms. The summed E-state index contributed by atoms with van der Waals surface area (Å²) in [5, 5.41) is 9.24. The summed E-state index contributed by atoms with van der Waals surface area (Å²) in [4.78, 5) is 3.97. The van der Waals surface area contributed by atoms with E-state index in [4.69, 9.17) is 23.2 Å². The Morgan fingerprint density at radius 1 is 1.17 bits per heavy atom. The summed E-state index contributed by atoms with van der Waals surface area (Å²) in [6, 6.07) is 5.64. The lowest BCUT2D eigenvalue weighted by Crippen LogP contribution is -1.92. The number of fused-ring (bicyclic) bond motifs is 1. The molecule has 0 aliphatic heterocycles. The van der Waals surface area contributed by atoms with E-state index in [-0.39, 0.29) is 0 Å². The minimum atomic E-state index is 0.336. The molecular formula is C12H8Cl2N4. The molecule has 90 valence electrons. The van der Waals surface area contributed by atoms with Gasteiger partial charge in [0.25, 0.3) is 0 Å². The van der Waals surface area contributed by atoms with Crippen molar-refractivity contribution in [2.45, 2.75) is 6.92 Å². The third kappa shape index (κ3) is 1.74. The molecule has 0 unspecified atom stereocenters. The summed E-state index contributed by atoms with van der Waals surface area (Å²) in [7, 11) is 0. The van der Waals surface area contributed by atoms with Crippen molar-refractivity contribution in [2.75, 3.05) is 0 Å². The highest BCUT2D eigenvalue weighted by Gasteiger charge is 2.12. The number of benzene rings is 1. The van der Waals surface area contributed by atoms with Gasteiger partial charge in [0, 0.05) is 23.0 Å². The highest BCUT2D eigenvalue weighted by atomic mass is 35.5. The van der Waals surface area contributed by atoms with Gasteiger partial charge in [0.2, 0.25) is 0 Å². The van der Waals surface area contributed by atoms with Crippen LogP contribution in [0.2, 0.25) is 10.2 Å². The minimum absolute atomic E-state index is 0.336. The van der Waals surface area contributed by atoms with Crippen LogP contribution in [0.25, 0.3) is 17.0 Å². The molecule has 0 saturated heterocycles. The fourth-order valence-corrected chi connectivity index (χ4v) is 2.27. The quantitative estimate of drug-likeness (QED) is 0.685. The summed E-state index contributed by atoms with van der Waals surface area (Å²) >= 11 is 11.9. The number of nitrogens with zero attached hydrogens (tertiary/aromatic N) is 4. The smallest absolute Gasteiger partial charge is 0.198 e. The molecule has 0 saturated carbocycles. The average molecular weight is 279 g/mol. The van der Waals surface area contributed by atoms with E-state index in [1.54, 1.807) is 12.4 Å². The monoisotopic (exact) mass is 278 g/mol. The molecule has 0 aliphatic rings. The van der Waals surface area contributed by atoms with E-state index in [0.717, 1.165) is 17.0 Å². The van der Waals surface area contributed by atoms with Gasteiger partial charge in [-0.3, -0.25) is 4.40 Å². The Bertz CT molecular complexity index is 736. The van der Waals surface area contributed by atoms with Gasteiger partial charge in [-0.15, -0.1) is 10.2 Å². The first kappa shape index (κ1) is 11.4. The van der Waals surface area contributed by atoms with Crippen LogP contribution in [0.15, 0.2) is 30.6 Å². The van der Waals surface area contributed by atoms with E-state index in [1.165, 1.54) is 0 Å². The number of rotatable bonds is 1.